The molecule has 0 fully saturated rings. The van der Waals surface area contributed by atoms with Gasteiger partial charge in [0.1, 0.15) is 18.9 Å². The highest BCUT2D eigenvalue weighted by atomic mass is 35.5. The van der Waals surface area contributed by atoms with Crippen LogP contribution in [-0.4, -0.2) is 41.1 Å². The van der Waals surface area contributed by atoms with E-state index in [4.69, 9.17) is 21.4 Å². The van der Waals surface area contributed by atoms with Gasteiger partial charge in [0.15, 0.2) is 0 Å². The predicted molar refractivity (Wildman–Crippen MR) is 79.4 cm³/mol. The number of benzene rings is 1. The highest BCUT2D eigenvalue weighted by molar-refractivity contribution is 6.30. The first kappa shape index (κ1) is 15.4. The number of carboxylic acid groups (broad SMARTS) is 1. The van der Waals surface area contributed by atoms with Crippen molar-refractivity contribution in [2.45, 2.75) is 19.9 Å². The van der Waals surface area contributed by atoms with Crippen molar-refractivity contribution in [3.63, 3.8) is 0 Å². The number of carbonyl (C=O) groups excluding carboxylic acids is 1. The second-order valence-electron chi connectivity index (χ2n) is 5.06. The molecular weight excluding hydrogens is 294 g/mol. The number of fused-ring (bicyclic) bond motifs is 1. The summed E-state index contributed by atoms with van der Waals surface area (Å²) in [6.07, 6.45) is 1.70. The van der Waals surface area contributed by atoms with Crippen molar-refractivity contribution >= 4 is 29.6 Å². The van der Waals surface area contributed by atoms with Gasteiger partial charge in [-0.15, -0.1) is 0 Å². The van der Waals surface area contributed by atoms with Crippen molar-refractivity contribution in [2.75, 3.05) is 13.2 Å². The van der Waals surface area contributed by atoms with E-state index in [0.29, 0.717) is 16.3 Å². The number of halogens is 1. The Bertz CT molecular complexity index is 610. The van der Waals surface area contributed by atoms with Crippen molar-refractivity contribution in [1.29, 1.82) is 0 Å². The fraction of sp³-hybridized carbons (Fsp3) is 0.333. The van der Waals surface area contributed by atoms with E-state index in [1.165, 1.54) is 4.90 Å². The lowest BCUT2D eigenvalue weighted by molar-refractivity contribution is -0.144. The van der Waals surface area contributed by atoms with Crippen molar-refractivity contribution in [2.24, 2.45) is 0 Å². The number of amides is 1. The van der Waals surface area contributed by atoms with Gasteiger partial charge in [-0.05, 0) is 38.1 Å². The fourth-order valence-corrected chi connectivity index (χ4v) is 2.27. The SMILES string of the molecule is CC(C)N(CC(=O)O)C(=O)C1=Cc2cc(Cl)ccc2OC1. The fourth-order valence-electron chi connectivity index (χ4n) is 2.09. The third kappa shape index (κ3) is 3.55. The third-order valence-electron chi connectivity index (χ3n) is 3.15. The van der Waals surface area contributed by atoms with Crippen molar-refractivity contribution in [3.05, 3.63) is 34.4 Å². The van der Waals surface area contributed by atoms with Crippen LogP contribution >= 0.6 is 11.6 Å². The maximum atomic E-state index is 12.5. The molecule has 0 radical (unpaired) electrons. The molecule has 1 aromatic carbocycles. The lowest BCUT2D eigenvalue weighted by atomic mass is 10.1. The van der Waals surface area contributed by atoms with Gasteiger partial charge >= 0.3 is 5.97 Å². The first-order valence-corrected chi connectivity index (χ1v) is 6.92. The first-order valence-electron chi connectivity index (χ1n) is 6.54. The smallest absolute Gasteiger partial charge is 0.323 e. The molecule has 1 aromatic rings. The van der Waals surface area contributed by atoms with Gasteiger partial charge < -0.3 is 14.7 Å². The van der Waals surface area contributed by atoms with Crippen LogP contribution in [0.25, 0.3) is 6.08 Å². The summed E-state index contributed by atoms with van der Waals surface area (Å²) in [5.74, 6) is -0.721. The quantitative estimate of drug-likeness (QED) is 0.927. The van der Waals surface area contributed by atoms with Crippen LogP contribution in [0.5, 0.6) is 5.75 Å². The molecule has 6 heteroatoms. The molecule has 5 nitrogen and oxygen atoms in total. The van der Waals surface area contributed by atoms with Crippen LogP contribution < -0.4 is 4.74 Å². The molecule has 0 bridgehead atoms. The van der Waals surface area contributed by atoms with E-state index in [-0.39, 0.29) is 25.1 Å². The largest absolute Gasteiger partial charge is 0.488 e. The average Bonchev–Trinajstić information content (AvgIpc) is 2.42. The molecule has 21 heavy (non-hydrogen) atoms. The van der Waals surface area contributed by atoms with E-state index >= 15 is 0 Å². The monoisotopic (exact) mass is 309 g/mol. The lowest BCUT2D eigenvalue weighted by Crippen LogP contribution is -2.42. The van der Waals surface area contributed by atoms with Crippen molar-refractivity contribution in [1.82, 2.24) is 4.90 Å². The van der Waals surface area contributed by atoms with Crippen LogP contribution in [-0.2, 0) is 9.59 Å². The minimum absolute atomic E-state index is 0.121. The number of aliphatic carboxylic acids is 1. The van der Waals surface area contributed by atoms with E-state index < -0.39 is 5.97 Å². The molecule has 0 atom stereocenters. The third-order valence-corrected chi connectivity index (χ3v) is 3.38. The van der Waals surface area contributed by atoms with Gasteiger partial charge in [0, 0.05) is 16.6 Å². The Kier molecular flexibility index (Phi) is 4.53. The van der Waals surface area contributed by atoms with Gasteiger partial charge in [-0.1, -0.05) is 11.6 Å². The Morgan fingerprint density at radius 1 is 1.43 bits per heavy atom. The summed E-state index contributed by atoms with van der Waals surface area (Å²) in [6, 6.07) is 4.95. The maximum Gasteiger partial charge on any atom is 0.323 e. The van der Waals surface area contributed by atoms with Gasteiger partial charge in [-0.3, -0.25) is 9.59 Å². The number of hydrogen-bond acceptors (Lipinski definition) is 3. The number of carbonyl (C=O) groups is 2. The molecule has 0 unspecified atom stereocenters. The number of nitrogens with zero attached hydrogens (tertiary/aromatic N) is 1. The second kappa shape index (κ2) is 6.18. The van der Waals surface area contributed by atoms with Crippen LogP contribution in [0.2, 0.25) is 5.02 Å². The minimum atomic E-state index is -1.04. The maximum absolute atomic E-state index is 12.5. The molecule has 2 rings (SSSR count). The number of rotatable bonds is 4. The summed E-state index contributed by atoms with van der Waals surface area (Å²) in [7, 11) is 0. The van der Waals surface area contributed by atoms with Gasteiger partial charge in [0.25, 0.3) is 5.91 Å². The molecule has 0 aromatic heterocycles. The Morgan fingerprint density at radius 3 is 2.76 bits per heavy atom. The standard InChI is InChI=1S/C15H16ClNO4/c1-9(2)17(7-14(18)19)15(20)11-5-10-6-12(16)3-4-13(10)21-8-11/h3-6,9H,7-8H2,1-2H3,(H,18,19). The molecule has 0 saturated carbocycles. The van der Waals surface area contributed by atoms with Crippen molar-refractivity contribution < 1.29 is 19.4 Å². The summed E-state index contributed by atoms with van der Waals surface area (Å²) in [5.41, 5.74) is 1.14. The molecular formula is C15H16ClNO4. The highest BCUT2D eigenvalue weighted by Crippen LogP contribution is 2.29. The number of carboxylic acids is 1. The first-order chi connectivity index (χ1) is 9.88. The molecule has 1 aliphatic heterocycles. The molecule has 1 amide bonds. The molecule has 0 spiro atoms. The number of ether oxygens (including phenoxy) is 1. The Hall–Kier alpha value is -2.01. The van der Waals surface area contributed by atoms with Gasteiger partial charge in [-0.25, -0.2) is 0 Å². The highest BCUT2D eigenvalue weighted by Gasteiger charge is 2.25. The minimum Gasteiger partial charge on any atom is -0.488 e. The van der Waals surface area contributed by atoms with Gasteiger partial charge in [0.2, 0.25) is 0 Å². The summed E-state index contributed by atoms with van der Waals surface area (Å²) < 4.78 is 5.53. The predicted octanol–water partition coefficient (Wildman–Crippen LogP) is 2.44. The molecule has 0 aliphatic carbocycles. The van der Waals surface area contributed by atoms with Crippen LogP contribution in [0.4, 0.5) is 0 Å². The van der Waals surface area contributed by atoms with Crippen LogP contribution in [0, 0.1) is 0 Å². The van der Waals surface area contributed by atoms with E-state index in [9.17, 15) is 9.59 Å². The Balaban J connectivity index is 2.28. The lowest BCUT2D eigenvalue weighted by Gasteiger charge is -2.27. The zero-order valence-corrected chi connectivity index (χ0v) is 12.6. The molecule has 1 N–H and O–H groups in total. The summed E-state index contributed by atoms with van der Waals surface area (Å²) in [4.78, 5) is 24.6. The Labute approximate surface area is 127 Å². The molecule has 1 aliphatic rings. The van der Waals surface area contributed by atoms with Gasteiger partial charge in [-0.2, -0.15) is 0 Å². The molecule has 0 saturated heterocycles. The molecule has 1 heterocycles. The number of hydrogen-bond donors (Lipinski definition) is 1. The normalized spacial score (nSPS) is 13.2. The van der Waals surface area contributed by atoms with E-state index in [1.54, 1.807) is 38.1 Å². The van der Waals surface area contributed by atoms with Gasteiger partial charge in [0.05, 0.1) is 5.57 Å². The average molecular weight is 310 g/mol. The van der Waals surface area contributed by atoms with E-state index in [1.807, 2.05) is 0 Å². The second-order valence-corrected chi connectivity index (χ2v) is 5.50. The van der Waals surface area contributed by atoms with Crippen LogP contribution in [0.3, 0.4) is 0 Å². The zero-order chi connectivity index (χ0) is 15.6. The van der Waals surface area contributed by atoms with Crippen molar-refractivity contribution in [3.8, 4) is 5.75 Å². The summed E-state index contributed by atoms with van der Waals surface area (Å²) >= 11 is 5.93. The zero-order valence-electron chi connectivity index (χ0n) is 11.8. The van der Waals surface area contributed by atoms with Crippen LogP contribution in [0.15, 0.2) is 23.8 Å². The molecule has 112 valence electrons. The summed E-state index contributed by atoms with van der Waals surface area (Å²) in [6.45, 7) is 3.33. The van der Waals surface area contributed by atoms with E-state index in [0.717, 1.165) is 5.56 Å². The summed E-state index contributed by atoms with van der Waals surface area (Å²) in [5, 5.41) is 9.46. The van der Waals surface area contributed by atoms with Crippen LogP contribution in [0.1, 0.15) is 19.4 Å². The Morgan fingerprint density at radius 2 is 2.14 bits per heavy atom. The topological polar surface area (TPSA) is 66.8 Å². The van der Waals surface area contributed by atoms with E-state index in [2.05, 4.69) is 0 Å².